The molecule has 1 N–H and O–H groups in total. The van der Waals surface area contributed by atoms with Crippen LogP contribution in [0, 0.1) is 5.82 Å². The van der Waals surface area contributed by atoms with Crippen molar-refractivity contribution < 1.29 is 23.6 Å². The number of hydrogen-bond acceptors (Lipinski definition) is 4. The Labute approximate surface area is 125 Å². The van der Waals surface area contributed by atoms with Gasteiger partial charge in [0.1, 0.15) is 11.9 Å². The lowest BCUT2D eigenvalue weighted by atomic mass is 10.0. The molecule has 0 radical (unpaired) electrons. The second-order valence-corrected chi connectivity index (χ2v) is 5.29. The zero-order chi connectivity index (χ0) is 16.0. The number of carbonyl (C=O) groups excluding carboxylic acids is 4. The molecule has 0 bridgehead atoms. The molecule has 1 aromatic rings. The van der Waals surface area contributed by atoms with Crippen LogP contribution >= 0.6 is 0 Å². The summed E-state index contributed by atoms with van der Waals surface area (Å²) in [6, 6.07) is 1.37. The van der Waals surface area contributed by atoms with E-state index in [0.717, 1.165) is 11.0 Å². The number of nitrogens with zero attached hydrogens (tertiary/aromatic N) is 1. The molecule has 0 aromatic heterocycles. The molecule has 7 heteroatoms. The van der Waals surface area contributed by atoms with Gasteiger partial charge in [0.05, 0.1) is 17.5 Å². The Hall–Kier alpha value is -2.57. The molecule has 1 aromatic carbocycles. The van der Waals surface area contributed by atoms with Gasteiger partial charge in [-0.15, -0.1) is 0 Å². The smallest absolute Gasteiger partial charge is 0.262 e. The quantitative estimate of drug-likeness (QED) is 0.635. The predicted molar refractivity (Wildman–Crippen MR) is 72.7 cm³/mol. The summed E-state index contributed by atoms with van der Waals surface area (Å²) in [4.78, 5) is 48.7. The van der Waals surface area contributed by atoms with Crippen LogP contribution < -0.4 is 5.32 Å². The highest BCUT2D eigenvalue weighted by Gasteiger charge is 2.44. The Balaban J connectivity index is 2.00. The highest BCUT2D eigenvalue weighted by atomic mass is 19.1. The van der Waals surface area contributed by atoms with Crippen molar-refractivity contribution in [1.29, 1.82) is 0 Å². The van der Waals surface area contributed by atoms with Gasteiger partial charge in [0.2, 0.25) is 5.91 Å². The van der Waals surface area contributed by atoms with Gasteiger partial charge in [0.25, 0.3) is 11.8 Å². The Morgan fingerprint density at radius 1 is 1.18 bits per heavy atom. The normalized spacial score (nSPS) is 21.2. The minimum absolute atomic E-state index is 0.0376. The van der Waals surface area contributed by atoms with Gasteiger partial charge < -0.3 is 5.32 Å². The van der Waals surface area contributed by atoms with Crippen LogP contribution in [-0.2, 0) is 16.0 Å². The van der Waals surface area contributed by atoms with Gasteiger partial charge in [0, 0.05) is 6.54 Å². The van der Waals surface area contributed by atoms with Crippen LogP contribution in [0.3, 0.4) is 0 Å². The van der Waals surface area contributed by atoms with E-state index in [1.165, 1.54) is 6.07 Å². The minimum atomic E-state index is -1.03. The zero-order valence-electron chi connectivity index (χ0n) is 11.8. The highest BCUT2D eigenvalue weighted by molar-refractivity contribution is 6.23. The average molecular weight is 304 g/mol. The molecule has 1 fully saturated rings. The number of halogens is 1. The summed E-state index contributed by atoms with van der Waals surface area (Å²) < 4.78 is 13.8. The van der Waals surface area contributed by atoms with Crippen molar-refractivity contribution in [3.63, 3.8) is 0 Å². The molecule has 1 atom stereocenters. The van der Waals surface area contributed by atoms with E-state index >= 15 is 0 Å². The molecule has 2 aliphatic rings. The number of hydrogen-bond donors (Lipinski definition) is 1. The number of Topliss-reactive ketones (excluding diaryl/α,β-unsaturated/α-hetero) is 1. The van der Waals surface area contributed by atoms with E-state index in [0.29, 0.717) is 12.0 Å². The van der Waals surface area contributed by atoms with Crippen LogP contribution in [0.2, 0.25) is 0 Å². The van der Waals surface area contributed by atoms with Crippen molar-refractivity contribution in [2.24, 2.45) is 0 Å². The summed E-state index contributed by atoms with van der Waals surface area (Å²) >= 11 is 0. The molecule has 3 amide bonds. The van der Waals surface area contributed by atoms with E-state index in [1.54, 1.807) is 6.92 Å². The number of fused-ring (bicyclic) bond motifs is 1. The first kappa shape index (κ1) is 14.4. The Kier molecular flexibility index (Phi) is 3.27. The Morgan fingerprint density at radius 2 is 1.82 bits per heavy atom. The summed E-state index contributed by atoms with van der Waals surface area (Å²) in [6.07, 6.45) is 0.0195. The lowest BCUT2D eigenvalue weighted by Gasteiger charge is -2.28. The van der Waals surface area contributed by atoms with Crippen LogP contribution in [0.4, 0.5) is 4.39 Å². The molecule has 0 aliphatic carbocycles. The zero-order valence-corrected chi connectivity index (χ0v) is 11.8. The lowest BCUT2D eigenvalue weighted by Crippen LogP contribution is -2.55. The van der Waals surface area contributed by atoms with Crippen LogP contribution in [-0.4, -0.2) is 41.0 Å². The summed E-state index contributed by atoms with van der Waals surface area (Å²) in [7, 11) is 0. The maximum atomic E-state index is 13.8. The molecule has 3 rings (SSSR count). The molecule has 114 valence electrons. The van der Waals surface area contributed by atoms with Crippen molar-refractivity contribution in [3.05, 3.63) is 34.6 Å². The van der Waals surface area contributed by atoms with Crippen LogP contribution in [0.1, 0.15) is 39.6 Å². The van der Waals surface area contributed by atoms with Crippen LogP contribution in [0.15, 0.2) is 12.1 Å². The topological polar surface area (TPSA) is 83.6 Å². The molecule has 2 aliphatic heterocycles. The third-order valence-corrected chi connectivity index (χ3v) is 3.98. The standard InChI is InChI=1S/C15H13FN2O4/c1-2-7-3-8-9(4-10(7)16)15(22)18(14(8)21)11-6-17-13(20)5-12(11)19/h3-4,11H,2,5-6H2,1H3,(H,17,20). The first-order valence-electron chi connectivity index (χ1n) is 6.93. The molecule has 6 nitrogen and oxygen atoms in total. The number of piperidine rings is 1. The number of nitrogens with one attached hydrogen (secondary N) is 1. The lowest BCUT2D eigenvalue weighted by molar-refractivity contribution is -0.133. The highest BCUT2D eigenvalue weighted by Crippen LogP contribution is 2.28. The first-order chi connectivity index (χ1) is 10.4. The van der Waals surface area contributed by atoms with E-state index in [-0.39, 0.29) is 24.1 Å². The number of imide groups is 1. The fourth-order valence-corrected chi connectivity index (χ4v) is 2.78. The SMILES string of the molecule is CCc1cc2c(cc1F)C(=O)N(C1CNC(=O)CC1=O)C2=O. The van der Waals surface area contributed by atoms with Crippen molar-refractivity contribution >= 4 is 23.5 Å². The molecule has 0 spiro atoms. The van der Waals surface area contributed by atoms with Crippen molar-refractivity contribution in [2.75, 3.05) is 6.54 Å². The Morgan fingerprint density at radius 3 is 2.41 bits per heavy atom. The maximum Gasteiger partial charge on any atom is 0.262 e. The van der Waals surface area contributed by atoms with Crippen molar-refractivity contribution in [3.8, 4) is 0 Å². The molecular formula is C15H13FN2O4. The minimum Gasteiger partial charge on any atom is -0.353 e. The van der Waals surface area contributed by atoms with Crippen molar-refractivity contribution in [1.82, 2.24) is 10.2 Å². The number of benzene rings is 1. The fraction of sp³-hybridized carbons (Fsp3) is 0.333. The van der Waals surface area contributed by atoms with E-state index in [2.05, 4.69) is 5.32 Å². The van der Waals surface area contributed by atoms with Gasteiger partial charge in [-0.25, -0.2) is 4.39 Å². The monoisotopic (exact) mass is 304 g/mol. The number of amides is 3. The van der Waals surface area contributed by atoms with Gasteiger partial charge in [-0.05, 0) is 24.1 Å². The molecule has 22 heavy (non-hydrogen) atoms. The molecule has 2 heterocycles. The molecule has 1 unspecified atom stereocenters. The van der Waals surface area contributed by atoms with E-state index < -0.39 is 35.4 Å². The van der Waals surface area contributed by atoms with Gasteiger partial charge >= 0.3 is 0 Å². The largest absolute Gasteiger partial charge is 0.353 e. The number of carbonyl (C=O) groups is 4. The summed E-state index contributed by atoms with van der Waals surface area (Å²) in [5.74, 6) is -2.79. The summed E-state index contributed by atoms with van der Waals surface area (Å²) in [5.41, 5.74) is 0.405. The van der Waals surface area contributed by atoms with Crippen molar-refractivity contribution in [2.45, 2.75) is 25.8 Å². The second-order valence-electron chi connectivity index (χ2n) is 5.29. The van der Waals surface area contributed by atoms with Crippen LogP contribution in [0.5, 0.6) is 0 Å². The van der Waals surface area contributed by atoms with Gasteiger partial charge in [-0.1, -0.05) is 6.92 Å². The first-order valence-corrected chi connectivity index (χ1v) is 6.93. The number of ketones is 1. The van der Waals surface area contributed by atoms with E-state index in [1.807, 2.05) is 0 Å². The third-order valence-electron chi connectivity index (χ3n) is 3.98. The summed E-state index contributed by atoms with van der Waals surface area (Å²) in [6.45, 7) is 1.64. The fourth-order valence-electron chi connectivity index (χ4n) is 2.78. The maximum absolute atomic E-state index is 13.8. The number of rotatable bonds is 2. The molecular weight excluding hydrogens is 291 g/mol. The van der Waals surface area contributed by atoms with Crippen LogP contribution in [0.25, 0.3) is 0 Å². The van der Waals surface area contributed by atoms with Gasteiger partial charge in [-0.3, -0.25) is 24.1 Å². The number of aryl methyl sites for hydroxylation is 1. The van der Waals surface area contributed by atoms with E-state index in [4.69, 9.17) is 0 Å². The van der Waals surface area contributed by atoms with Gasteiger partial charge in [-0.2, -0.15) is 0 Å². The third kappa shape index (κ3) is 2.01. The molecule has 1 saturated heterocycles. The average Bonchev–Trinajstić information content (AvgIpc) is 2.70. The van der Waals surface area contributed by atoms with E-state index in [9.17, 15) is 23.6 Å². The second kappa shape index (κ2) is 5.01. The summed E-state index contributed by atoms with van der Waals surface area (Å²) in [5, 5.41) is 2.46. The predicted octanol–water partition coefficient (Wildman–Crippen LogP) is 0.442. The Bertz CT molecular complexity index is 728. The van der Waals surface area contributed by atoms with Gasteiger partial charge in [0.15, 0.2) is 5.78 Å². The molecule has 0 saturated carbocycles.